The van der Waals surface area contributed by atoms with Crippen molar-refractivity contribution in [1.82, 2.24) is 9.97 Å². The van der Waals surface area contributed by atoms with Crippen molar-refractivity contribution in [3.63, 3.8) is 0 Å². The molecular formula is C15H20N2. The number of allylic oxidation sites excluding steroid dienone is 2. The van der Waals surface area contributed by atoms with Gasteiger partial charge in [-0.15, -0.1) is 0 Å². The van der Waals surface area contributed by atoms with Crippen LogP contribution in [0.2, 0.25) is 0 Å². The molecule has 1 heterocycles. The molecule has 1 aromatic rings. The third kappa shape index (κ3) is 1.46. The van der Waals surface area contributed by atoms with Crippen molar-refractivity contribution >= 4 is 5.57 Å². The average molecular weight is 228 g/mol. The van der Waals surface area contributed by atoms with Gasteiger partial charge >= 0.3 is 0 Å². The van der Waals surface area contributed by atoms with Gasteiger partial charge in [0.05, 0.1) is 5.69 Å². The molecule has 90 valence electrons. The second kappa shape index (κ2) is 3.18. The predicted octanol–water partition coefficient (Wildman–Crippen LogP) is 3.63. The van der Waals surface area contributed by atoms with Crippen molar-refractivity contribution in [2.45, 2.75) is 47.0 Å². The summed E-state index contributed by atoms with van der Waals surface area (Å²) in [5.74, 6) is 0. The highest BCUT2D eigenvalue weighted by Crippen LogP contribution is 2.59. The molecule has 3 rings (SSSR count). The third-order valence-electron chi connectivity index (χ3n) is 4.35. The van der Waals surface area contributed by atoms with Crippen LogP contribution in [0, 0.1) is 10.8 Å². The summed E-state index contributed by atoms with van der Waals surface area (Å²) in [6, 6.07) is 0. The lowest BCUT2D eigenvalue weighted by molar-refractivity contribution is 0.325. The van der Waals surface area contributed by atoms with E-state index < -0.39 is 0 Å². The molecule has 0 atom stereocenters. The number of aromatic nitrogens is 2. The van der Waals surface area contributed by atoms with Crippen LogP contribution in [0.25, 0.3) is 5.57 Å². The van der Waals surface area contributed by atoms with Crippen molar-refractivity contribution in [3.8, 4) is 0 Å². The molecule has 2 aliphatic carbocycles. The van der Waals surface area contributed by atoms with Crippen LogP contribution in [-0.2, 0) is 6.42 Å². The molecule has 0 amide bonds. The summed E-state index contributed by atoms with van der Waals surface area (Å²) in [5.41, 5.74) is 6.28. The van der Waals surface area contributed by atoms with Gasteiger partial charge in [-0.2, -0.15) is 0 Å². The highest BCUT2D eigenvalue weighted by Gasteiger charge is 2.46. The van der Waals surface area contributed by atoms with Crippen LogP contribution in [-0.4, -0.2) is 9.97 Å². The van der Waals surface area contributed by atoms with Gasteiger partial charge in [-0.05, 0) is 41.2 Å². The molecule has 0 saturated heterocycles. The van der Waals surface area contributed by atoms with E-state index in [-0.39, 0.29) is 5.41 Å². The second-order valence-electron chi connectivity index (χ2n) is 6.69. The Hall–Kier alpha value is -1.18. The number of aryl methyl sites for hydroxylation is 1. The molecule has 0 saturated carbocycles. The van der Waals surface area contributed by atoms with E-state index >= 15 is 0 Å². The first-order valence-corrected chi connectivity index (χ1v) is 6.45. The molecule has 17 heavy (non-hydrogen) atoms. The van der Waals surface area contributed by atoms with E-state index in [4.69, 9.17) is 0 Å². The Morgan fingerprint density at radius 2 is 1.82 bits per heavy atom. The second-order valence-corrected chi connectivity index (χ2v) is 6.69. The maximum atomic E-state index is 4.55. The Bertz CT molecular complexity index is 509. The van der Waals surface area contributed by atoms with E-state index in [1.165, 1.54) is 29.7 Å². The molecule has 0 fully saturated rings. The number of fused-ring (bicyclic) bond motifs is 2. The number of hydrogen-bond donors (Lipinski definition) is 0. The monoisotopic (exact) mass is 228 g/mol. The maximum Gasteiger partial charge on any atom is 0.116 e. The highest BCUT2D eigenvalue weighted by molar-refractivity contribution is 5.77. The first-order valence-electron chi connectivity index (χ1n) is 6.45. The Balaban J connectivity index is 2.26. The van der Waals surface area contributed by atoms with Gasteiger partial charge in [-0.25, -0.2) is 9.97 Å². The third-order valence-corrected chi connectivity index (χ3v) is 4.35. The summed E-state index contributed by atoms with van der Waals surface area (Å²) in [7, 11) is 0. The van der Waals surface area contributed by atoms with Gasteiger partial charge in [-0.1, -0.05) is 33.3 Å². The molecular weight excluding hydrogens is 208 g/mol. The zero-order valence-electron chi connectivity index (χ0n) is 11.2. The van der Waals surface area contributed by atoms with Crippen LogP contribution < -0.4 is 0 Å². The van der Waals surface area contributed by atoms with E-state index in [1.54, 1.807) is 11.9 Å². The Labute approximate surface area is 103 Å². The normalized spacial score (nSPS) is 24.5. The van der Waals surface area contributed by atoms with E-state index in [2.05, 4.69) is 37.7 Å². The first-order chi connectivity index (χ1) is 7.92. The molecule has 0 unspecified atom stereocenters. The van der Waals surface area contributed by atoms with Crippen molar-refractivity contribution in [3.05, 3.63) is 29.4 Å². The molecule has 2 nitrogen and oxygen atoms in total. The van der Waals surface area contributed by atoms with Gasteiger partial charge < -0.3 is 0 Å². The molecule has 0 aliphatic heterocycles. The van der Waals surface area contributed by atoms with E-state index in [1.807, 2.05) is 6.20 Å². The van der Waals surface area contributed by atoms with Gasteiger partial charge in [0, 0.05) is 6.20 Å². The Morgan fingerprint density at radius 3 is 2.59 bits per heavy atom. The lowest BCUT2D eigenvalue weighted by Gasteiger charge is -2.26. The maximum absolute atomic E-state index is 4.55. The standard InChI is InChI=1S/C15H20N2/c1-14(2)8-15(3,4)12-11(14)6-5-10-7-16-9-17-13(10)12/h7,9H,5-6,8H2,1-4H3. The molecule has 0 aromatic carbocycles. The number of hydrogen-bond acceptors (Lipinski definition) is 2. The van der Waals surface area contributed by atoms with Gasteiger partial charge in [0.1, 0.15) is 6.33 Å². The molecule has 1 aromatic heterocycles. The molecule has 0 N–H and O–H groups in total. The lowest BCUT2D eigenvalue weighted by Crippen LogP contribution is -2.15. The molecule has 2 aliphatic rings. The number of nitrogens with zero attached hydrogens (tertiary/aromatic N) is 2. The summed E-state index contributed by atoms with van der Waals surface area (Å²) < 4.78 is 0. The van der Waals surface area contributed by atoms with Crippen LogP contribution in [0.5, 0.6) is 0 Å². The van der Waals surface area contributed by atoms with Gasteiger partial charge in [-0.3, -0.25) is 0 Å². The predicted molar refractivity (Wildman–Crippen MR) is 69.5 cm³/mol. The van der Waals surface area contributed by atoms with Crippen molar-refractivity contribution in [2.75, 3.05) is 0 Å². The minimum atomic E-state index is 0.252. The summed E-state index contributed by atoms with van der Waals surface area (Å²) in [6.07, 6.45) is 7.21. The fourth-order valence-electron chi connectivity index (χ4n) is 4.00. The van der Waals surface area contributed by atoms with Crippen LogP contribution in [0.3, 0.4) is 0 Å². The van der Waals surface area contributed by atoms with Crippen LogP contribution in [0.15, 0.2) is 18.1 Å². The summed E-state index contributed by atoms with van der Waals surface area (Å²) in [5, 5.41) is 0. The SMILES string of the molecule is CC1(C)CC(C)(C)C2=C1CCc1cncnc12. The van der Waals surface area contributed by atoms with Crippen LogP contribution in [0.4, 0.5) is 0 Å². The quantitative estimate of drug-likeness (QED) is 0.677. The minimum absolute atomic E-state index is 0.252. The zero-order chi connectivity index (χ0) is 12.3. The zero-order valence-corrected chi connectivity index (χ0v) is 11.2. The fraction of sp³-hybridized carbons (Fsp3) is 0.600. The average Bonchev–Trinajstić information content (AvgIpc) is 2.44. The molecule has 0 spiro atoms. The van der Waals surface area contributed by atoms with Gasteiger partial charge in [0.2, 0.25) is 0 Å². The number of rotatable bonds is 0. The lowest BCUT2D eigenvalue weighted by atomic mass is 9.79. The summed E-state index contributed by atoms with van der Waals surface area (Å²) in [4.78, 5) is 8.72. The molecule has 0 radical (unpaired) electrons. The van der Waals surface area contributed by atoms with Crippen molar-refractivity contribution < 1.29 is 0 Å². The Kier molecular flexibility index (Phi) is 2.05. The van der Waals surface area contributed by atoms with E-state index in [0.29, 0.717) is 5.41 Å². The molecule has 0 bridgehead atoms. The van der Waals surface area contributed by atoms with Crippen LogP contribution >= 0.6 is 0 Å². The fourth-order valence-corrected chi connectivity index (χ4v) is 4.00. The minimum Gasteiger partial charge on any atom is -0.244 e. The molecule has 2 heteroatoms. The van der Waals surface area contributed by atoms with Crippen LogP contribution in [0.1, 0.15) is 51.8 Å². The van der Waals surface area contributed by atoms with Gasteiger partial charge in [0.25, 0.3) is 0 Å². The van der Waals surface area contributed by atoms with Crippen molar-refractivity contribution in [2.24, 2.45) is 10.8 Å². The smallest absolute Gasteiger partial charge is 0.116 e. The highest BCUT2D eigenvalue weighted by atomic mass is 14.8. The topological polar surface area (TPSA) is 25.8 Å². The van der Waals surface area contributed by atoms with E-state index in [0.717, 1.165) is 6.42 Å². The summed E-state index contributed by atoms with van der Waals surface area (Å²) in [6.45, 7) is 9.47. The van der Waals surface area contributed by atoms with Gasteiger partial charge in [0.15, 0.2) is 0 Å². The van der Waals surface area contributed by atoms with Crippen molar-refractivity contribution in [1.29, 1.82) is 0 Å². The first kappa shape index (κ1) is 10.9. The Morgan fingerprint density at radius 1 is 1.06 bits per heavy atom. The summed E-state index contributed by atoms with van der Waals surface area (Å²) >= 11 is 0. The van der Waals surface area contributed by atoms with E-state index in [9.17, 15) is 0 Å². The largest absolute Gasteiger partial charge is 0.244 e.